The number of nitrogens with one attached hydrogen (secondary N) is 3. The largest absolute Gasteiger partial charge is 0.298 e. The summed E-state index contributed by atoms with van der Waals surface area (Å²) in [7, 11) is -3.63. The summed E-state index contributed by atoms with van der Waals surface area (Å²) in [5.41, 5.74) is 7.60. The molecule has 4 rings (SSSR count). The number of thiophene rings is 1. The zero-order valence-electron chi connectivity index (χ0n) is 16.3. The van der Waals surface area contributed by atoms with Crippen molar-refractivity contribution in [2.45, 2.75) is 4.21 Å². The van der Waals surface area contributed by atoms with Gasteiger partial charge >= 0.3 is 0 Å². The number of hydrogen-bond donors (Lipinski definition) is 3. The molecule has 0 radical (unpaired) electrons. The number of hydrogen-bond acceptors (Lipinski definition) is 5. The van der Waals surface area contributed by atoms with Crippen molar-refractivity contribution in [1.29, 1.82) is 0 Å². The van der Waals surface area contributed by atoms with E-state index in [1.165, 1.54) is 18.2 Å². The standard InChI is InChI=1S/C23H19N3O3S2/c1-16(19-9-8-17-5-2-3-6-20(17)15-19)24-25-23(27)18-10-12-21(13-11-18)26-31(28,29)22-7-4-14-30-22/h2-15,24,26H,1H2,(H,25,27). The molecule has 0 saturated heterocycles. The van der Waals surface area contributed by atoms with E-state index in [0.717, 1.165) is 27.7 Å². The quantitative estimate of drug-likeness (QED) is 0.360. The van der Waals surface area contributed by atoms with Crippen LogP contribution in [0.1, 0.15) is 15.9 Å². The Morgan fingerprint density at radius 2 is 1.52 bits per heavy atom. The van der Waals surface area contributed by atoms with Gasteiger partial charge in [-0.25, -0.2) is 8.42 Å². The van der Waals surface area contributed by atoms with Crippen molar-refractivity contribution in [3.63, 3.8) is 0 Å². The molecule has 156 valence electrons. The average molecular weight is 450 g/mol. The highest BCUT2D eigenvalue weighted by Crippen LogP contribution is 2.21. The first kappa shape index (κ1) is 20.6. The third-order valence-electron chi connectivity index (χ3n) is 4.58. The number of anilines is 1. The number of rotatable bonds is 7. The van der Waals surface area contributed by atoms with Crippen molar-refractivity contribution in [1.82, 2.24) is 10.9 Å². The minimum absolute atomic E-state index is 0.228. The van der Waals surface area contributed by atoms with Crippen LogP contribution in [0.2, 0.25) is 0 Å². The molecule has 3 aromatic carbocycles. The second-order valence-corrected chi connectivity index (χ2v) is 9.59. The number of amides is 1. The van der Waals surface area contributed by atoms with E-state index in [9.17, 15) is 13.2 Å². The lowest BCUT2D eigenvalue weighted by Crippen LogP contribution is -2.35. The molecule has 31 heavy (non-hydrogen) atoms. The van der Waals surface area contributed by atoms with Gasteiger partial charge in [0.15, 0.2) is 0 Å². The number of carbonyl (C=O) groups excluding carboxylic acids is 1. The Bertz CT molecular complexity index is 1350. The Morgan fingerprint density at radius 1 is 0.806 bits per heavy atom. The highest BCUT2D eigenvalue weighted by molar-refractivity contribution is 7.94. The zero-order valence-corrected chi connectivity index (χ0v) is 18.0. The summed E-state index contributed by atoms with van der Waals surface area (Å²) in [6, 6.07) is 23.3. The SMILES string of the molecule is C=C(NNC(=O)c1ccc(NS(=O)(=O)c2cccs2)cc1)c1ccc2ccccc2c1. The van der Waals surface area contributed by atoms with Crippen LogP contribution in [0, 0.1) is 0 Å². The van der Waals surface area contributed by atoms with Crippen LogP contribution in [0.4, 0.5) is 5.69 Å². The molecule has 1 aromatic heterocycles. The van der Waals surface area contributed by atoms with E-state index < -0.39 is 10.0 Å². The van der Waals surface area contributed by atoms with Crippen LogP contribution < -0.4 is 15.6 Å². The lowest BCUT2D eigenvalue weighted by atomic mass is 10.1. The van der Waals surface area contributed by atoms with Crippen molar-refractivity contribution in [3.8, 4) is 0 Å². The fourth-order valence-corrected chi connectivity index (χ4v) is 5.02. The molecule has 8 heteroatoms. The molecule has 0 aliphatic heterocycles. The summed E-state index contributed by atoms with van der Waals surface area (Å²) in [5.74, 6) is -0.366. The van der Waals surface area contributed by atoms with E-state index in [1.807, 2.05) is 42.5 Å². The van der Waals surface area contributed by atoms with Gasteiger partial charge in [0.2, 0.25) is 0 Å². The molecule has 0 aliphatic rings. The second kappa shape index (κ2) is 8.63. The first-order valence-corrected chi connectivity index (χ1v) is 11.7. The monoisotopic (exact) mass is 449 g/mol. The van der Waals surface area contributed by atoms with Gasteiger partial charge in [0.05, 0.1) is 5.70 Å². The van der Waals surface area contributed by atoms with Gasteiger partial charge < -0.3 is 0 Å². The number of sulfonamides is 1. The lowest BCUT2D eigenvalue weighted by molar-refractivity contribution is 0.0942. The fraction of sp³-hybridized carbons (Fsp3) is 0. The predicted octanol–water partition coefficient (Wildman–Crippen LogP) is 4.61. The third kappa shape index (κ3) is 4.76. The smallest absolute Gasteiger partial charge is 0.271 e. The van der Waals surface area contributed by atoms with Crippen molar-refractivity contribution in [2.75, 3.05) is 4.72 Å². The van der Waals surface area contributed by atoms with Gasteiger partial charge in [0.25, 0.3) is 15.9 Å². The number of fused-ring (bicyclic) bond motifs is 1. The van der Waals surface area contributed by atoms with Crippen molar-refractivity contribution < 1.29 is 13.2 Å². The molecule has 0 aliphatic carbocycles. The van der Waals surface area contributed by atoms with Crippen LogP contribution in [0.15, 0.2) is 95.0 Å². The van der Waals surface area contributed by atoms with E-state index in [2.05, 4.69) is 22.2 Å². The molecule has 0 saturated carbocycles. The lowest BCUT2D eigenvalue weighted by Gasteiger charge is -2.12. The molecule has 6 nitrogen and oxygen atoms in total. The first-order valence-electron chi connectivity index (χ1n) is 9.33. The maximum Gasteiger partial charge on any atom is 0.271 e. The van der Waals surface area contributed by atoms with Crippen molar-refractivity contribution >= 4 is 49.4 Å². The van der Waals surface area contributed by atoms with Crippen LogP contribution in [0.3, 0.4) is 0 Å². The van der Waals surface area contributed by atoms with E-state index in [-0.39, 0.29) is 10.1 Å². The highest BCUT2D eigenvalue weighted by atomic mass is 32.2. The van der Waals surface area contributed by atoms with Gasteiger partial charge in [-0.1, -0.05) is 49.0 Å². The van der Waals surface area contributed by atoms with Crippen LogP contribution in [-0.4, -0.2) is 14.3 Å². The minimum Gasteiger partial charge on any atom is -0.298 e. The summed E-state index contributed by atoms with van der Waals surface area (Å²) < 4.78 is 27.3. The Kier molecular flexibility index (Phi) is 5.75. The van der Waals surface area contributed by atoms with Gasteiger partial charge in [-0.3, -0.25) is 20.4 Å². The third-order valence-corrected chi connectivity index (χ3v) is 7.36. The van der Waals surface area contributed by atoms with Gasteiger partial charge in [-0.2, -0.15) is 0 Å². The van der Waals surface area contributed by atoms with Crippen LogP contribution in [0.25, 0.3) is 16.5 Å². The zero-order chi connectivity index (χ0) is 21.8. The van der Waals surface area contributed by atoms with Gasteiger partial charge in [0.1, 0.15) is 4.21 Å². The van der Waals surface area contributed by atoms with Crippen molar-refractivity contribution in [2.24, 2.45) is 0 Å². The molecule has 1 heterocycles. The normalized spacial score (nSPS) is 11.1. The van der Waals surface area contributed by atoms with Gasteiger partial charge in [-0.15, -0.1) is 11.3 Å². The maximum atomic E-state index is 12.4. The van der Waals surface area contributed by atoms with Gasteiger partial charge in [0, 0.05) is 11.3 Å². The topological polar surface area (TPSA) is 87.3 Å². The van der Waals surface area contributed by atoms with E-state index in [0.29, 0.717) is 16.9 Å². The van der Waals surface area contributed by atoms with Gasteiger partial charge in [-0.05, 0) is 58.1 Å². The number of carbonyl (C=O) groups is 1. The van der Waals surface area contributed by atoms with E-state index in [4.69, 9.17) is 0 Å². The molecule has 0 spiro atoms. The minimum atomic E-state index is -3.63. The molecule has 0 fully saturated rings. The highest BCUT2D eigenvalue weighted by Gasteiger charge is 2.15. The molecule has 0 bridgehead atoms. The Balaban J connectivity index is 1.37. The molecule has 0 atom stereocenters. The Hall–Kier alpha value is -3.62. The molecule has 1 amide bonds. The van der Waals surface area contributed by atoms with Crippen LogP contribution in [-0.2, 0) is 10.0 Å². The Morgan fingerprint density at radius 3 is 2.23 bits per heavy atom. The summed E-state index contributed by atoms with van der Waals surface area (Å²) in [4.78, 5) is 12.4. The molecular formula is C23H19N3O3S2. The van der Waals surface area contributed by atoms with Crippen molar-refractivity contribution in [3.05, 3.63) is 102 Å². The van der Waals surface area contributed by atoms with E-state index >= 15 is 0 Å². The first-order chi connectivity index (χ1) is 14.9. The maximum absolute atomic E-state index is 12.4. The van der Waals surface area contributed by atoms with Crippen LogP contribution in [0.5, 0.6) is 0 Å². The summed E-state index contributed by atoms with van der Waals surface area (Å²) >= 11 is 1.13. The van der Waals surface area contributed by atoms with E-state index in [1.54, 1.807) is 23.6 Å². The Labute approximate surface area is 184 Å². The molecular weight excluding hydrogens is 430 g/mol. The summed E-state index contributed by atoms with van der Waals surface area (Å²) in [6.07, 6.45) is 0. The fourth-order valence-electron chi connectivity index (χ4n) is 2.97. The molecule has 0 unspecified atom stereocenters. The summed E-state index contributed by atoms with van der Waals surface area (Å²) in [5, 5.41) is 3.90. The molecule has 3 N–H and O–H groups in total. The molecule has 4 aromatic rings. The van der Waals surface area contributed by atoms with Crippen LogP contribution >= 0.6 is 11.3 Å². The second-order valence-electron chi connectivity index (χ2n) is 6.73. The predicted molar refractivity (Wildman–Crippen MR) is 125 cm³/mol. The average Bonchev–Trinajstić information content (AvgIpc) is 3.33. The number of hydrazine groups is 1. The summed E-state index contributed by atoms with van der Waals surface area (Å²) in [6.45, 7) is 3.97. The number of benzene rings is 3.